The first-order valence-corrected chi connectivity index (χ1v) is 19.3. The molecule has 0 saturated carbocycles. The van der Waals surface area contributed by atoms with E-state index in [0.717, 1.165) is 24.3 Å². The highest BCUT2D eigenvalue weighted by molar-refractivity contribution is 7.23. The zero-order valence-electron chi connectivity index (χ0n) is 29.7. The summed E-state index contributed by atoms with van der Waals surface area (Å²) in [6, 6.07) is 6.83. The molecule has 0 spiro atoms. The Bertz CT molecular complexity index is 2390. The number of ether oxygens (including phenoxy) is 2. The van der Waals surface area contributed by atoms with Crippen LogP contribution in [0.3, 0.4) is 0 Å². The molecule has 2 N–H and O–H groups in total. The van der Waals surface area contributed by atoms with Gasteiger partial charge in [0, 0.05) is 36.9 Å². The number of pyridine rings is 1. The van der Waals surface area contributed by atoms with Crippen LogP contribution in [0.5, 0.6) is 6.01 Å². The molecule has 4 aromatic rings. The second-order valence-electron chi connectivity index (χ2n) is 14.8. The maximum absolute atomic E-state index is 17.6. The van der Waals surface area contributed by atoms with Crippen molar-refractivity contribution in [3.05, 3.63) is 76.9 Å². The van der Waals surface area contributed by atoms with Crippen molar-refractivity contribution in [3.8, 4) is 12.1 Å². The van der Waals surface area contributed by atoms with E-state index in [1.54, 1.807) is 41.1 Å². The fourth-order valence-corrected chi connectivity index (χ4v) is 10.6. The number of nitrogens with two attached hydrogens (primary N) is 1. The van der Waals surface area contributed by atoms with Gasteiger partial charge < -0.3 is 20.1 Å². The predicted octanol–water partition coefficient (Wildman–Crippen LogP) is 7.35. The lowest BCUT2D eigenvalue weighted by molar-refractivity contribution is -0.405. The van der Waals surface area contributed by atoms with Gasteiger partial charge in [-0.25, -0.2) is 22.1 Å². The zero-order chi connectivity index (χ0) is 38.4. The summed E-state index contributed by atoms with van der Waals surface area (Å²) in [5.74, 6) is -0.830. The third-order valence-electron chi connectivity index (χ3n) is 11.8. The zero-order valence-corrected chi connectivity index (χ0v) is 31.3. The minimum Gasteiger partial charge on any atom is -0.461 e. The van der Waals surface area contributed by atoms with Gasteiger partial charge in [0.2, 0.25) is 0 Å². The first-order chi connectivity index (χ1) is 26.5. The summed E-state index contributed by atoms with van der Waals surface area (Å²) >= 11 is 8.13. The fraction of sp³-hybridized carbons (Fsp3) is 0.410. The minimum atomic E-state index is -2.06. The Balaban J connectivity index is 1.27. The topological polar surface area (TPSA) is 116 Å². The number of fused-ring (bicyclic) bond motifs is 3. The van der Waals surface area contributed by atoms with Gasteiger partial charge in [-0.05, 0) is 48.1 Å². The van der Waals surface area contributed by atoms with Gasteiger partial charge in [0.1, 0.15) is 59.5 Å². The summed E-state index contributed by atoms with van der Waals surface area (Å²) in [6.45, 7) is 5.07. The Hall–Kier alpha value is -4.62. The number of rotatable bonds is 6. The Kier molecular flexibility index (Phi) is 8.69. The molecule has 0 bridgehead atoms. The first-order valence-electron chi connectivity index (χ1n) is 18.1. The average molecular weight is 792 g/mol. The molecule has 284 valence electrons. The highest BCUT2D eigenvalue weighted by Crippen LogP contribution is 2.55. The van der Waals surface area contributed by atoms with Gasteiger partial charge in [-0.2, -0.15) is 15.2 Å². The standard InChI is InChI=1S/C39H36ClF4N8O2S/c1-3-39(44)10-13-50(2)35-22(6-4-11-47-35)33(39)52-14-15-53-31-27-30(48-37(49-36(27)52)54-19-38-9-5-12-51(38)18-20(41)16-38)29(43)26(28(31)40)21-7-8-24(42)32-25(21)23(17-45)34(46)55-32/h3-4,6-8,11,13,20,28,31,33H,1,5,9-10,12,14-16,18-19,46H2,2H3/q+1/t20-,28?,31?,33-,38+,39?/m1/s1. The molecule has 0 amide bonds. The normalized spacial score (nSPS) is 28.9. The van der Waals surface area contributed by atoms with Crippen LogP contribution >= 0.6 is 22.9 Å². The van der Waals surface area contributed by atoms with Crippen LogP contribution in [0.4, 0.5) is 34.2 Å². The van der Waals surface area contributed by atoms with Crippen molar-refractivity contribution < 1.29 is 31.6 Å². The largest absolute Gasteiger partial charge is 0.461 e. The van der Waals surface area contributed by atoms with Crippen LogP contribution in [0.25, 0.3) is 21.5 Å². The van der Waals surface area contributed by atoms with Gasteiger partial charge in [0.15, 0.2) is 11.5 Å². The Morgan fingerprint density at radius 1 is 1.27 bits per heavy atom. The molecule has 3 aromatic heterocycles. The van der Waals surface area contributed by atoms with Gasteiger partial charge in [0.25, 0.3) is 0 Å². The summed E-state index contributed by atoms with van der Waals surface area (Å²) in [6.07, 6.45) is 4.33. The van der Waals surface area contributed by atoms with Crippen molar-refractivity contribution in [1.82, 2.24) is 19.9 Å². The quantitative estimate of drug-likeness (QED) is 0.0926. The lowest BCUT2D eigenvalue weighted by Crippen LogP contribution is -2.44. The number of nitrogen functional groups attached to an aromatic ring is 1. The third kappa shape index (κ3) is 5.47. The number of benzene rings is 1. The fourth-order valence-electron chi connectivity index (χ4n) is 9.21. The molecule has 1 aliphatic carbocycles. The molecule has 55 heavy (non-hydrogen) atoms. The average Bonchev–Trinajstić information content (AvgIpc) is 3.76. The van der Waals surface area contributed by atoms with E-state index in [1.807, 2.05) is 6.07 Å². The maximum atomic E-state index is 17.6. The molecule has 2 fully saturated rings. The van der Waals surface area contributed by atoms with Gasteiger partial charge in [-0.1, -0.05) is 18.7 Å². The van der Waals surface area contributed by atoms with E-state index in [9.17, 15) is 9.65 Å². The number of alkyl halides is 3. The van der Waals surface area contributed by atoms with Crippen LogP contribution < -0.4 is 15.4 Å². The van der Waals surface area contributed by atoms with E-state index in [0.29, 0.717) is 24.3 Å². The van der Waals surface area contributed by atoms with Crippen LogP contribution in [0.2, 0.25) is 0 Å². The van der Waals surface area contributed by atoms with Crippen molar-refractivity contribution in [2.45, 2.75) is 60.6 Å². The molecular formula is C39H36ClF4N8O2S+. The van der Waals surface area contributed by atoms with Crippen molar-refractivity contribution in [1.29, 1.82) is 5.26 Å². The Morgan fingerprint density at radius 2 is 2.11 bits per heavy atom. The maximum Gasteiger partial charge on any atom is 0.327 e. The van der Waals surface area contributed by atoms with Crippen molar-refractivity contribution in [3.63, 3.8) is 0 Å². The molecule has 6 atom stereocenters. The Morgan fingerprint density at radius 3 is 2.91 bits per heavy atom. The summed E-state index contributed by atoms with van der Waals surface area (Å²) < 4.78 is 79.7. The highest BCUT2D eigenvalue weighted by atomic mass is 35.5. The highest BCUT2D eigenvalue weighted by Gasteiger charge is 2.52. The van der Waals surface area contributed by atoms with Gasteiger partial charge in [-0.3, -0.25) is 4.90 Å². The van der Waals surface area contributed by atoms with Crippen molar-refractivity contribution in [2.75, 3.05) is 50.5 Å². The summed E-state index contributed by atoms with van der Waals surface area (Å²) in [7, 11) is 1.79. The van der Waals surface area contributed by atoms with Crippen LogP contribution in [0, 0.1) is 17.1 Å². The molecule has 7 heterocycles. The lowest BCUT2D eigenvalue weighted by atomic mass is 9.84. The van der Waals surface area contributed by atoms with Gasteiger partial charge in [0.05, 0.1) is 52.2 Å². The van der Waals surface area contributed by atoms with E-state index < -0.39 is 46.5 Å². The molecule has 3 unspecified atom stereocenters. The number of nitrogens with zero attached hydrogens (tertiary/aromatic N) is 7. The van der Waals surface area contributed by atoms with Crippen LogP contribution in [0.15, 0.2) is 43.1 Å². The van der Waals surface area contributed by atoms with E-state index >= 15 is 13.2 Å². The van der Waals surface area contributed by atoms with Gasteiger partial charge in [-0.15, -0.1) is 22.9 Å². The SMILES string of the molecule is C=CC1(F)CC=[N+](C)c2ncccc2[C@H]1N1CCOC2c3c(nc(OC[C@@]45CCCN4C[C@H](F)C5)nc31)C(F)=C(c1ccc(F)c3sc(N)c(C#N)c13)C2Cl. The molecule has 4 aliphatic heterocycles. The molecule has 10 nitrogen and oxygen atoms in total. The van der Waals surface area contributed by atoms with Crippen molar-refractivity contribution in [2.24, 2.45) is 0 Å². The number of halogens is 5. The second-order valence-corrected chi connectivity index (χ2v) is 16.3. The molecule has 0 radical (unpaired) electrons. The smallest absolute Gasteiger partial charge is 0.327 e. The van der Waals surface area contributed by atoms with E-state index in [4.69, 9.17) is 31.8 Å². The second kappa shape index (κ2) is 13.3. The first kappa shape index (κ1) is 36.0. The molecule has 16 heteroatoms. The predicted molar refractivity (Wildman–Crippen MR) is 203 cm³/mol. The molecular weight excluding hydrogens is 756 g/mol. The van der Waals surface area contributed by atoms with E-state index in [-0.39, 0.29) is 87.5 Å². The van der Waals surface area contributed by atoms with Crippen molar-refractivity contribution >= 4 is 67.3 Å². The molecule has 9 rings (SSSR count). The molecule has 1 aromatic carbocycles. The number of aromatic nitrogens is 3. The summed E-state index contributed by atoms with van der Waals surface area (Å²) in [4.78, 5) is 17.9. The van der Waals surface area contributed by atoms with Crippen LogP contribution in [-0.4, -0.2) is 93.3 Å². The number of thiophene rings is 1. The monoisotopic (exact) mass is 791 g/mol. The number of hydrogen-bond donors (Lipinski definition) is 1. The number of hydrogen-bond acceptors (Lipinski definition) is 10. The van der Waals surface area contributed by atoms with Crippen LogP contribution in [0.1, 0.15) is 65.8 Å². The van der Waals surface area contributed by atoms with Gasteiger partial charge >= 0.3 is 11.8 Å². The number of anilines is 2. The Labute approximate surface area is 323 Å². The van der Waals surface area contributed by atoms with E-state index in [1.165, 1.54) is 18.2 Å². The minimum absolute atomic E-state index is 0.000881. The molecule has 2 saturated heterocycles. The lowest BCUT2D eigenvalue weighted by Gasteiger charge is -2.39. The van der Waals surface area contributed by atoms with Crippen LogP contribution in [-0.2, 0) is 4.74 Å². The third-order valence-corrected chi connectivity index (χ3v) is 13.2. The summed E-state index contributed by atoms with van der Waals surface area (Å²) in [5, 5.41) is 9.02. The summed E-state index contributed by atoms with van der Waals surface area (Å²) in [5.41, 5.74) is 4.11. The number of nitriles is 1. The van der Waals surface area contributed by atoms with E-state index in [2.05, 4.69) is 21.4 Å². The molecule has 5 aliphatic rings.